The lowest BCUT2D eigenvalue weighted by Gasteiger charge is -2.03. The van der Waals surface area contributed by atoms with Gasteiger partial charge in [0, 0.05) is 10.6 Å². The Morgan fingerprint density at radius 1 is 0.875 bits per heavy atom. The zero-order chi connectivity index (χ0) is 11.5. The molecule has 0 saturated heterocycles. The zero-order valence-corrected chi connectivity index (χ0v) is 9.79. The molecule has 0 atom stereocenters. The van der Waals surface area contributed by atoms with E-state index in [0.29, 0.717) is 15.6 Å². The van der Waals surface area contributed by atoms with Crippen molar-refractivity contribution in [3.8, 4) is 11.1 Å². The summed E-state index contributed by atoms with van der Waals surface area (Å²) in [7, 11) is 0. The van der Waals surface area contributed by atoms with Crippen LogP contribution in [-0.2, 0) is 0 Å². The normalized spacial score (nSPS) is 10.1. The van der Waals surface area contributed by atoms with E-state index in [0.717, 1.165) is 17.4 Å². The third-order valence-electron chi connectivity index (χ3n) is 2.30. The highest BCUT2D eigenvalue weighted by atomic mass is 35.5. The fourth-order valence-electron chi connectivity index (χ4n) is 1.44. The summed E-state index contributed by atoms with van der Waals surface area (Å²) in [5.41, 5.74) is 2.48. The number of benzene rings is 2. The lowest BCUT2D eigenvalue weighted by molar-refractivity contribution is 0.112. The highest BCUT2D eigenvalue weighted by molar-refractivity contribution is 6.33. The Balaban J connectivity index is 2.45. The molecule has 0 amide bonds. The maximum atomic E-state index is 10.6. The number of carbonyl (C=O) groups excluding carboxylic acids is 1. The summed E-state index contributed by atoms with van der Waals surface area (Å²) in [5.74, 6) is 0. The minimum absolute atomic E-state index is 0.461. The molecule has 3 heteroatoms. The molecule has 0 bridgehead atoms. The van der Waals surface area contributed by atoms with Crippen molar-refractivity contribution in [1.82, 2.24) is 0 Å². The van der Waals surface area contributed by atoms with Gasteiger partial charge >= 0.3 is 0 Å². The molecule has 0 N–H and O–H groups in total. The summed E-state index contributed by atoms with van der Waals surface area (Å²) in [6.07, 6.45) is 0.744. The maximum absolute atomic E-state index is 10.6. The highest BCUT2D eigenvalue weighted by Crippen LogP contribution is 2.25. The predicted molar refractivity (Wildman–Crippen MR) is 67.3 cm³/mol. The van der Waals surface area contributed by atoms with Gasteiger partial charge in [-0.2, -0.15) is 0 Å². The van der Waals surface area contributed by atoms with E-state index in [9.17, 15) is 4.79 Å². The molecule has 0 saturated carbocycles. The maximum Gasteiger partial charge on any atom is 0.151 e. The average Bonchev–Trinajstić information content (AvgIpc) is 2.30. The molecule has 0 aliphatic rings. The van der Waals surface area contributed by atoms with Gasteiger partial charge in [0.1, 0.15) is 0 Å². The van der Waals surface area contributed by atoms with E-state index in [1.165, 1.54) is 0 Å². The first-order valence-corrected chi connectivity index (χ1v) is 5.47. The van der Waals surface area contributed by atoms with Gasteiger partial charge in [0.2, 0.25) is 0 Å². The van der Waals surface area contributed by atoms with E-state index in [4.69, 9.17) is 23.2 Å². The number of hydrogen-bond acceptors (Lipinski definition) is 1. The van der Waals surface area contributed by atoms with Crippen LogP contribution in [0.1, 0.15) is 10.4 Å². The summed E-state index contributed by atoms with van der Waals surface area (Å²) >= 11 is 11.8. The monoisotopic (exact) mass is 250 g/mol. The van der Waals surface area contributed by atoms with Gasteiger partial charge in [-0.15, -0.1) is 0 Å². The van der Waals surface area contributed by atoms with Crippen LogP contribution >= 0.6 is 23.2 Å². The number of carbonyl (C=O) groups is 1. The van der Waals surface area contributed by atoms with Crippen LogP contribution in [0, 0.1) is 0 Å². The first-order chi connectivity index (χ1) is 7.70. The van der Waals surface area contributed by atoms with Gasteiger partial charge in [-0.25, -0.2) is 0 Å². The van der Waals surface area contributed by atoms with Crippen LogP contribution in [0.4, 0.5) is 0 Å². The molecular weight excluding hydrogens is 243 g/mol. The molecule has 80 valence electrons. The minimum Gasteiger partial charge on any atom is -0.298 e. The highest BCUT2D eigenvalue weighted by Gasteiger charge is 2.02. The minimum atomic E-state index is 0.461. The molecule has 0 aliphatic heterocycles. The number of rotatable bonds is 2. The molecule has 2 rings (SSSR count). The quantitative estimate of drug-likeness (QED) is 0.719. The third kappa shape index (κ3) is 2.26. The summed E-state index contributed by atoms with van der Waals surface area (Å²) < 4.78 is 0. The predicted octanol–water partition coefficient (Wildman–Crippen LogP) is 4.47. The number of halogens is 2. The second-order valence-corrected chi connectivity index (χ2v) is 4.20. The fraction of sp³-hybridized carbons (Fsp3) is 0. The van der Waals surface area contributed by atoms with Crippen LogP contribution in [-0.4, -0.2) is 6.29 Å². The third-order valence-corrected chi connectivity index (χ3v) is 2.88. The molecule has 0 heterocycles. The Kier molecular flexibility index (Phi) is 3.28. The standard InChI is InChI=1S/C13H8Cl2O/c14-12-5-3-9(4-6-12)10-1-2-11(8-16)13(15)7-10/h1-8H. The van der Waals surface area contributed by atoms with E-state index in [-0.39, 0.29) is 0 Å². The van der Waals surface area contributed by atoms with Gasteiger partial charge in [0.25, 0.3) is 0 Å². The average molecular weight is 251 g/mol. The SMILES string of the molecule is O=Cc1ccc(-c2ccc(Cl)cc2)cc1Cl. The van der Waals surface area contributed by atoms with Crippen LogP contribution in [0.15, 0.2) is 42.5 Å². The molecule has 2 aromatic rings. The molecule has 0 radical (unpaired) electrons. The number of aldehydes is 1. The van der Waals surface area contributed by atoms with E-state index in [1.54, 1.807) is 12.1 Å². The Hall–Kier alpha value is -1.31. The molecule has 1 nitrogen and oxygen atoms in total. The molecule has 0 aromatic heterocycles. The van der Waals surface area contributed by atoms with Gasteiger partial charge in [0.05, 0.1) is 5.02 Å². The van der Waals surface area contributed by atoms with Gasteiger partial charge in [-0.05, 0) is 35.4 Å². The van der Waals surface area contributed by atoms with Crippen LogP contribution < -0.4 is 0 Å². The lowest BCUT2D eigenvalue weighted by atomic mass is 10.0. The van der Waals surface area contributed by atoms with Crippen molar-refractivity contribution < 1.29 is 4.79 Å². The summed E-state index contributed by atoms with van der Waals surface area (Å²) in [5, 5.41) is 1.15. The van der Waals surface area contributed by atoms with Crippen LogP contribution in [0.25, 0.3) is 11.1 Å². The largest absolute Gasteiger partial charge is 0.298 e. The summed E-state index contributed by atoms with van der Waals surface area (Å²) in [6.45, 7) is 0. The molecular formula is C13H8Cl2O. The molecule has 0 fully saturated rings. The van der Waals surface area contributed by atoms with Crippen LogP contribution in [0.5, 0.6) is 0 Å². The van der Waals surface area contributed by atoms with Gasteiger partial charge in [-0.3, -0.25) is 4.79 Å². The Morgan fingerprint density at radius 2 is 1.50 bits per heavy atom. The number of hydrogen-bond donors (Lipinski definition) is 0. The molecule has 16 heavy (non-hydrogen) atoms. The van der Waals surface area contributed by atoms with Crippen molar-refractivity contribution in [3.05, 3.63) is 58.1 Å². The van der Waals surface area contributed by atoms with Gasteiger partial charge in [-0.1, -0.05) is 41.4 Å². The first kappa shape index (κ1) is 11.2. The van der Waals surface area contributed by atoms with E-state index < -0.39 is 0 Å². The Morgan fingerprint density at radius 3 is 2.06 bits per heavy atom. The van der Waals surface area contributed by atoms with Gasteiger partial charge in [0.15, 0.2) is 6.29 Å². The van der Waals surface area contributed by atoms with Crippen molar-refractivity contribution in [3.63, 3.8) is 0 Å². The fourth-order valence-corrected chi connectivity index (χ4v) is 1.80. The van der Waals surface area contributed by atoms with E-state index in [1.807, 2.05) is 30.3 Å². The van der Waals surface area contributed by atoms with Crippen molar-refractivity contribution in [2.75, 3.05) is 0 Å². The van der Waals surface area contributed by atoms with Crippen molar-refractivity contribution in [1.29, 1.82) is 0 Å². The molecule has 0 aliphatic carbocycles. The van der Waals surface area contributed by atoms with Gasteiger partial charge < -0.3 is 0 Å². The molecule has 0 unspecified atom stereocenters. The zero-order valence-electron chi connectivity index (χ0n) is 8.28. The Bertz CT molecular complexity index is 518. The molecule has 0 spiro atoms. The Labute approximate surface area is 104 Å². The second-order valence-electron chi connectivity index (χ2n) is 3.36. The van der Waals surface area contributed by atoms with Crippen LogP contribution in [0.2, 0.25) is 10.0 Å². The summed E-state index contributed by atoms with van der Waals surface area (Å²) in [6, 6.07) is 12.8. The van der Waals surface area contributed by atoms with Crippen molar-refractivity contribution >= 4 is 29.5 Å². The smallest absolute Gasteiger partial charge is 0.151 e. The van der Waals surface area contributed by atoms with Crippen LogP contribution in [0.3, 0.4) is 0 Å². The van der Waals surface area contributed by atoms with Crippen molar-refractivity contribution in [2.45, 2.75) is 0 Å². The lowest BCUT2D eigenvalue weighted by Crippen LogP contribution is -1.83. The summed E-state index contributed by atoms with van der Waals surface area (Å²) in [4.78, 5) is 10.6. The van der Waals surface area contributed by atoms with E-state index >= 15 is 0 Å². The van der Waals surface area contributed by atoms with E-state index in [2.05, 4.69) is 0 Å². The molecule has 2 aromatic carbocycles. The first-order valence-electron chi connectivity index (χ1n) is 4.71. The van der Waals surface area contributed by atoms with Crippen molar-refractivity contribution in [2.24, 2.45) is 0 Å². The second kappa shape index (κ2) is 4.69. The topological polar surface area (TPSA) is 17.1 Å².